The van der Waals surface area contributed by atoms with Gasteiger partial charge in [0.05, 0.1) is 35.7 Å². The number of nitro benzene ring substituents is 2. The molecule has 0 radical (unpaired) electrons. The van der Waals surface area contributed by atoms with Crippen molar-refractivity contribution in [1.82, 2.24) is 0 Å². The number of rotatable bonds is 7. The van der Waals surface area contributed by atoms with E-state index in [1.54, 1.807) is 0 Å². The van der Waals surface area contributed by atoms with Crippen molar-refractivity contribution in [2.75, 3.05) is 14.2 Å². The monoisotopic (exact) mass is 392 g/mol. The van der Waals surface area contributed by atoms with E-state index in [0.717, 1.165) is 12.1 Å². The maximum Gasteiger partial charge on any atom is 0.288 e. The fraction of sp³-hybridized carbons (Fsp3) is 0.118. The predicted octanol–water partition coefficient (Wildman–Crippen LogP) is 4.07. The van der Waals surface area contributed by atoms with E-state index in [2.05, 4.69) is 0 Å². The zero-order chi connectivity index (χ0) is 20.1. The van der Waals surface area contributed by atoms with Crippen LogP contribution in [0.15, 0.2) is 36.4 Å². The van der Waals surface area contributed by atoms with Crippen molar-refractivity contribution in [2.45, 2.75) is 0 Å². The van der Waals surface area contributed by atoms with Gasteiger partial charge >= 0.3 is 0 Å². The van der Waals surface area contributed by atoms with Crippen LogP contribution in [0.3, 0.4) is 0 Å². The van der Waals surface area contributed by atoms with E-state index in [9.17, 15) is 25.0 Å². The molecule has 2 aromatic carbocycles. The number of ether oxygens (including phenoxy) is 2. The Kier molecular flexibility index (Phi) is 6.09. The molecule has 0 saturated heterocycles. The number of allylic oxidation sites excluding steroid dienone is 1. The first kappa shape index (κ1) is 19.9. The molecule has 0 aliphatic carbocycles. The first-order chi connectivity index (χ1) is 12.8. The molecule has 0 aliphatic heterocycles. The molecule has 0 saturated carbocycles. The van der Waals surface area contributed by atoms with Crippen molar-refractivity contribution in [3.05, 3.63) is 72.8 Å². The zero-order valence-corrected chi connectivity index (χ0v) is 14.9. The number of hydrogen-bond donors (Lipinski definition) is 0. The quantitative estimate of drug-likeness (QED) is 0.301. The van der Waals surface area contributed by atoms with Crippen LogP contribution in [0.1, 0.15) is 15.9 Å². The molecule has 0 N–H and O–H groups in total. The molecule has 0 bridgehead atoms. The van der Waals surface area contributed by atoms with Crippen LogP contribution >= 0.6 is 11.6 Å². The third-order valence-corrected chi connectivity index (χ3v) is 3.89. The van der Waals surface area contributed by atoms with Crippen molar-refractivity contribution < 1.29 is 24.1 Å². The van der Waals surface area contributed by atoms with Crippen molar-refractivity contribution in [3.63, 3.8) is 0 Å². The predicted molar refractivity (Wildman–Crippen MR) is 97.7 cm³/mol. The van der Waals surface area contributed by atoms with Gasteiger partial charge in [0.1, 0.15) is 5.02 Å². The summed E-state index contributed by atoms with van der Waals surface area (Å²) in [6.07, 6.45) is 2.30. The first-order valence-corrected chi connectivity index (χ1v) is 7.73. The summed E-state index contributed by atoms with van der Waals surface area (Å²) in [5.74, 6) is -0.169. The molecule has 2 aromatic rings. The molecule has 27 heavy (non-hydrogen) atoms. The van der Waals surface area contributed by atoms with Gasteiger partial charge in [0.2, 0.25) is 0 Å². The molecular formula is C17H13ClN2O7. The van der Waals surface area contributed by atoms with Crippen molar-refractivity contribution in [1.29, 1.82) is 0 Å². The maximum atomic E-state index is 12.3. The molecule has 0 fully saturated rings. The summed E-state index contributed by atoms with van der Waals surface area (Å²) in [6.45, 7) is 0. The Morgan fingerprint density at radius 3 is 2.15 bits per heavy atom. The number of ketones is 1. The Bertz CT molecular complexity index is 957. The van der Waals surface area contributed by atoms with Crippen molar-refractivity contribution in [3.8, 4) is 11.5 Å². The van der Waals surface area contributed by atoms with Crippen LogP contribution in [0.4, 0.5) is 11.4 Å². The van der Waals surface area contributed by atoms with E-state index in [0.29, 0.717) is 0 Å². The summed E-state index contributed by atoms with van der Waals surface area (Å²) < 4.78 is 10.1. The van der Waals surface area contributed by atoms with Gasteiger partial charge in [-0.2, -0.15) is 0 Å². The number of halogens is 1. The highest BCUT2D eigenvalue weighted by Gasteiger charge is 2.19. The SMILES string of the molecule is COc1cc(/C=C/C(=O)c2ccc(Cl)c([N+](=O)[O-])c2)c([N+](=O)[O-])cc1OC. The van der Waals surface area contributed by atoms with Crippen LogP contribution in [0, 0.1) is 20.2 Å². The van der Waals surface area contributed by atoms with Crippen molar-refractivity contribution in [2.24, 2.45) is 0 Å². The van der Waals surface area contributed by atoms with Gasteiger partial charge in [-0.05, 0) is 30.4 Å². The fourth-order valence-electron chi connectivity index (χ4n) is 2.24. The summed E-state index contributed by atoms with van der Waals surface area (Å²) in [5, 5.41) is 22.1. The molecule has 0 heterocycles. The average Bonchev–Trinajstić information content (AvgIpc) is 2.65. The number of carbonyl (C=O) groups excluding carboxylic acids is 1. The third-order valence-electron chi connectivity index (χ3n) is 3.57. The Morgan fingerprint density at radius 2 is 1.59 bits per heavy atom. The van der Waals surface area contributed by atoms with E-state index in [1.807, 2.05) is 0 Å². The van der Waals surface area contributed by atoms with Crippen LogP contribution < -0.4 is 9.47 Å². The van der Waals surface area contributed by atoms with E-state index in [-0.39, 0.29) is 33.3 Å². The highest BCUT2D eigenvalue weighted by atomic mass is 35.5. The van der Waals surface area contributed by atoms with Gasteiger partial charge < -0.3 is 9.47 Å². The van der Waals surface area contributed by atoms with Crippen LogP contribution in [0.5, 0.6) is 11.5 Å². The van der Waals surface area contributed by atoms with Gasteiger partial charge in [-0.3, -0.25) is 25.0 Å². The molecule has 0 spiro atoms. The Balaban J connectivity index is 2.42. The van der Waals surface area contributed by atoms with Gasteiger partial charge in [-0.15, -0.1) is 0 Å². The molecule has 0 aliphatic rings. The molecule has 0 aromatic heterocycles. The zero-order valence-electron chi connectivity index (χ0n) is 14.2. The highest BCUT2D eigenvalue weighted by Crippen LogP contribution is 2.35. The number of nitro groups is 2. The van der Waals surface area contributed by atoms with Gasteiger partial charge in [0.15, 0.2) is 17.3 Å². The van der Waals surface area contributed by atoms with Gasteiger partial charge in [-0.25, -0.2) is 0 Å². The Morgan fingerprint density at radius 1 is 1.00 bits per heavy atom. The number of benzene rings is 2. The molecule has 9 nitrogen and oxygen atoms in total. The van der Waals surface area contributed by atoms with Crippen molar-refractivity contribution >= 4 is 34.8 Å². The lowest BCUT2D eigenvalue weighted by atomic mass is 10.1. The van der Waals surface area contributed by atoms with Crippen LogP contribution in [0.25, 0.3) is 6.08 Å². The number of carbonyl (C=O) groups is 1. The topological polar surface area (TPSA) is 122 Å². The summed E-state index contributed by atoms with van der Waals surface area (Å²) in [5.41, 5.74) is -0.577. The van der Waals surface area contributed by atoms with E-state index in [1.165, 1.54) is 44.6 Å². The minimum atomic E-state index is -0.706. The molecule has 0 amide bonds. The van der Waals surface area contributed by atoms with Gasteiger partial charge in [-0.1, -0.05) is 11.6 Å². The lowest BCUT2D eigenvalue weighted by Gasteiger charge is -2.08. The maximum absolute atomic E-state index is 12.3. The number of nitrogens with zero attached hydrogens (tertiary/aromatic N) is 2. The average molecular weight is 393 g/mol. The number of methoxy groups -OCH3 is 2. The molecule has 140 valence electrons. The Hall–Kier alpha value is -3.46. The summed E-state index contributed by atoms with van der Waals surface area (Å²) in [6, 6.07) is 6.13. The van der Waals surface area contributed by atoms with E-state index >= 15 is 0 Å². The Labute approximate surface area is 158 Å². The molecule has 0 atom stereocenters. The molecule has 2 rings (SSSR count). The molecular weight excluding hydrogens is 380 g/mol. The lowest BCUT2D eigenvalue weighted by Crippen LogP contribution is -1.99. The minimum absolute atomic E-state index is 0.0190. The molecule has 10 heteroatoms. The number of hydrogen-bond acceptors (Lipinski definition) is 7. The summed E-state index contributed by atoms with van der Waals surface area (Å²) >= 11 is 5.71. The standard InChI is InChI=1S/C17H13ClN2O7/c1-26-16-8-10(13(19(22)23)9-17(16)27-2)4-6-15(21)11-3-5-12(18)14(7-11)20(24)25/h3-9H,1-2H3/b6-4+. The summed E-state index contributed by atoms with van der Waals surface area (Å²) in [7, 11) is 2.71. The third kappa shape index (κ3) is 4.39. The van der Waals surface area contributed by atoms with Gasteiger partial charge in [0, 0.05) is 11.6 Å². The molecule has 0 unspecified atom stereocenters. The van der Waals surface area contributed by atoms with Crippen LogP contribution in [-0.4, -0.2) is 29.8 Å². The summed E-state index contributed by atoms with van der Waals surface area (Å²) in [4.78, 5) is 33.1. The first-order valence-electron chi connectivity index (χ1n) is 7.35. The second kappa shape index (κ2) is 8.28. The van der Waals surface area contributed by atoms with Gasteiger partial charge in [0.25, 0.3) is 11.4 Å². The van der Waals surface area contributed by atoms with Crippen LogP contribution in [0.2, 0.25) is 5.02 Å². The van der Waals surface area contributed by atoms with E-state index in [4.69, 9.17) is 21.1 Å². The fourth-order valence-corrected chi connectivity index (χ4v) is 2.43. The smallest absolute Gasteiger partial charge is 0.288 e. The highest BCUT2D eigenvalue weighted by molar-refractivity contribution is 6.32. The van der Waals surface area contributed by atoms with Crippen LogP contribution in [-0.2, 0) is 0 Å². The second-order valence-electron chi connectivity index (χ2n) is 5.14. The lowest BCUT2D eigenvalue weighted by molar-refractivity contribution is -0.385. The normalized spacial score (nSPS) is 10.6. The van der Waals surface area contributed by atoms with E-state index < -0.39 is 21.3 Å². The largest absolute Gasteiger partial charge is 0.493 e. The minimum Gasteiger partial charge on any atom is -0.493 e. The second-order valence-corrected chi connectivity index (χ2v) is 5.55.